The maximum absolute atomic E-state index is 11.3. The second-order valence-corrected chi connectivity index (χ2v) is 6.80. The van der Waals surface area contributed by atoms with E-state index in [4.69, 9.17) is 27.9 Å². The van der Waals surface area contributed by atoms with Gasteiger partial charge in [-0.25, -0.2) is 0 Å². The van der Waals surface area contributed by atoms with Crippen LogP contribution in [0.15, 0.2) is 48.8 Å². The number of aromatic nitrogens is 2. The molecule has 144 valence electrons. The minimum absolute atomic E-state index is 0.121. The molecule has 1 amide bonds. The van der Waals surface area contributed by atoms with Crippen LogP contribution in [0.4, 0.5) is 0 Å². The van der Waals surface area contributed by atoms with Gasteiger partial charge in [0.05, 0.1) is 12.4 Å². The number of hydrogen-bond donors (Lipinski definition) is 2. The molecule has 0 unspecified atom stereocenters. The van der Waals surface area contributed by atoms with E-state index in [-0.39, 0.29) is 18.3 Å². The number of nitrogens with one attached hydrogen (secondary N) is 1. The third kappa shape index (κ3) is 4.71. The van der Waals surface area contributed by atoms with Gasteiger partial charge in [-0.1, -0.05) is 29.3 Å². The maximum Gasteiger partial charge on any atom is 0.257 e. The summed E-state index contributed by atoms with van der Waals surface area (Å²) in [5, 5.41) is 21.1. The Labute approximate surface area is 172 Å². The third-order valence-electron chi connectivity index (χ3n) is 4.10. The van der Waals surface area contributed by atoms with Crippen LogP contribution in [0.3, 0.4) is 0 Å². The Balaban J connectivity index is 1.85. The van der Waals surface area contributed by atoms with Crippen LogP contribution in [0.5, 0.6) is 11.5 Å². The normalized spacial score (nSPS) is 10.5. The summed E-state index contributed by atoms with van der Waals surface area (Å²) in [6.45, 7) is -0.121. The second-order valence-electron chi connectivity index (χ2n) is 5.99. The van der Waals surface area contributed by atoms with Gasteiger partial charge >= 0.3 is 0 Å². The molecule has 8 heteroatoms. The van der Waals surface area contributed by atoms with Crippen molar-refractivity contribution in [3.05, 3.63) is 70.0 Å². The van der Waals surface area contributed by atoms with E-state index in [1.165, 1.54) is 7.05 Å². The molecule has 1 heterocycles. The smallest absolute Gasteiger partial charge is 0.257 e. The standard InChI is InChI=1S/C20H17Cl2N3O3/c1-23-20(27)11-28-14-8-17(21)16(18(22)9-14)7-12-2-3-19(26)15(6-12)13-4-5-24-25-10-13/h2-6,8-10,26H,7,11H2,1H3,(H,23,27). The molecule has 0 saturated carbocycles. The number of aromatic hydroxyl groups is 1. The number of phenolic OH excluding ortho intramolecular Hbond substituents is 1. The molecular formula is C20H17Cl2N3O3. The maximum atomic E-state index is 11.3. The number of nitrogens with zero attached hydrogens (tertiary/aromatic N) is 2. The zero-order valence-corrected chi connectivity index (χ0v) is 16.5. The summed E-state index contributed by atoms with van der Waals surface area (Å²) < 4.78 is 5.39. The molecule has 0 saturated heterocycles. The first-order valence-electron chi connectivity index (χ1n) is 8.38. The molecule has 0 aliphatic rings. The number of carbonyl (C=O) groups is 1. The number of halogens is 2. The molecule has 0 aliphatic carbocycles. The van der Waals surface area contributed by atoms with E-state index in [1.807, 2.05) is 6.07 Å². The zero-order chi connectivity index (χ0) is 20.1. The summed E-state index contributed by atoms with van der Waals surface area (Å²) >= 11 is 12.8. The molecule has 1 aromatic heterocycles. The van der Waals surface area contributed by atoms with E-state index >= 15 is 0 Å². The number of amides is 1. The van der Waals surface area contributed by atoms with Gasteiger partial charge in [0.15, 0.2) is 6.61 Å². The lowest BCUT2D eigenvalue weighted by Crippen LogP contribution is -2.24. The van der Waals surface area contributed by atoms with Crippen LogP contribution in [0.25, 0.3) is 11.1 Å². The van der Waals surface area contributed by atoms with Crippen LogP contribution in [0.1, 0.15) is 11.1 Å². The highest BCUT2D eigenvalue weighted by Gasteiger charge is 2.13. The van der Waals surface area contributed by atoms with Crippen molar-refractivity contribution in [2.24, 2.45) is 0 Å². The lowest BCUT2D eigenvalue weighted by Gasteiger charge is -2.12. The molecule has 2 aromatic carbocycles. The van der Waals surface area contributed by atoms with E-state index in [9.17, 15) is 9.90 Å². The highest BCUT2D eigenvalue weighted by molar-refractivity contribution is 6.36. The van der Waals surface area contributed by atoms with Crippen molar-refractivity contribution in [3.8, 4) is 22.6 Å². The Morgan fingerprint density at radius 1 is 1.14 bits per heavy atom. The Morgan fingerprint density at radius 3 is 2.54 bits per heavy atom. The molecule has 0 bridgehead atoms. The number of benzene rings is 2. The van der Waals surface area contributed by atoms with Gasteiger partial charge in [0.2, 0.25) is 0 Å². The fraction of sp³-hybridized carbons (Fsp3) is 0.150. The van der Waals surface area contributed by atoms with Crippen molar-refractivity contribution < 1.29 is 14.6 Å². The van der Waals surface area contributed by atoms with Crippen molar-refractivity contribution in [1.82, 2.24) is 15.5 Å². The number of likely N-dealkylation sites (N-methyl/N-ethyl adjacent to an activating group) is 1. The fourth-order valence-corrected chi connectivity index (χ4v) is 3.23. The molecule has 2 N–H and O–H groups in total. The van der Waals surface area contributed by atoms with Gasteiger partial charge in [0.25, 0.3) is 5.91 Å². The first-order valence-corrected chi connectivity index (χ1v) is 9.13. The van der Waals surface area contributed by atoms with Crippen LogP contribution >= 0.6 is 23.2 Å². The van der Waals surface area contributed by atoms with Crippen molar-refractivity contribution in [2.45, 2.75) is 6.42 Å². The monoisotopic (exact) mass is 417 g/mol. The summed E-state index contributed by atoms with van der Waals surface area (Å²) in [6, 6.07) is 10.3. The molecule has 0 atom stereocenters. The highest BCUT2D eigenvalue weighted by Crippen LogP contribution is 2.34. The molecule has 0 fully saturated rings. The van der Waals surface area contributed by atoms with Gasteiger partial charge in [-0.15, -0.1) is 0 Å². The van der Waals surface area contributed by atoms with E-state index in [0.29, 0.717) is 27.8 Å². The van der Waals surface area contributed by atoms with Crippen molar-refractivity contribution in [2.75, 3.05) is 13.7 Å². The van der Waals surface area contributed by atoms with Crippen LogP contribution in [0, 0.1) is 0 Å². The van der Waals surface area contributed by atoms with Crippen molar-refractivity contribution >= 4 is 29.1 Å². The minimum atomic E-state index is -0.251. The average Bonchev–Trinajstić information content (AvgIpc) is 2.70. The van der Waals surface area contributed by atoms with Gasteiger partial charge in [0, 0.05) is 34.6 Å². The number of carbonyl (C=O) groups excluding carboxylic acids is 1. The largest absolute Gasteiger partial charge is 0.507 e. The van der Waals surface area contributed by atoms with E-state index in [1.54, 1.807) is 42.7 Å². The first-order chi connectivity index (χ1) is 13.5. The van der Waals surface area contributed by atoms with Crippen molar-refractivity contribution in [3.63, 3.8) is 0 Å². The van der Waals surface area contributed by atoms with Gasteiger partial charge < -0.3 is 15.2 Å². The van der Waals surface area contributed by atoms with E-state index in [0.717, 1.165) is 16.7 Å². The Bertz CT molecular complexity index is 974. The summed E-state index contributed by atoms with van der Waals surface area (Å²) in [6.07, 6.45) is 3.60. The molecule has 3 rings (SSSR count). The second kappa shape index (κ2) is 8.91. The topological polar surface area (TPSA) is 84.3 Å². The average molecular weight is 418 g/mol. The van der Waals surface area contributed by atoms with Gasteiger partial charge in [-0.3, -0.25) is 4.79 Å². The predicted molar refractivity (Wildman–Crippen MR) is 108 cm³/mol. The van der Waals surface area contributed by atoms with E-state index < -0.39 is 0 Å². The molecular weight excluding hydrogens is 401 g/mol. The predicted octanol–water partition coefficient (Wildman–Crippen LogP) is 3.87. The number of ether oxygens (including phenoxy) is 1. The molecule has 0 spiro atoms. The molecule has 0 aliphatic heterocycles. The molecule has 6 nitrogen and oxygen atoms in total. The minimum Gasteiger partial charge on any atom is -0.507 e. The van der Waals surface area contributed by atoms with Gasteiger partial charge in [-0.05, 0) is 41.5 Å². The third-order valence-corrected chi connectivity index (χ3v) is 4.77. The first kappa shape index (κ1) is 19.9. The lowest BCUT2D eigenvalue weighted by molar-refractivity contribution is -0.122. The van der Waals surface area contributed by atoms with Crippen LogP contribution < -0.4 is 10.1 Å². The SMILES string of the molecule is CNC(=O)COc1cc(Cl)c(Cc2ccc(O)c(-c3ccnnc3)c2)c(Cl)c1. The Morgan fingerprint density at radius 2 is 1.89 bits per heavy atom. The zero-order valence-electron chi connectivity index (χ0n) is 14.9. The van der Waals surface area contributed by atoms with Crippen LogP contribution in [-0.2, 0) is 11.2 Å². The fourth-order valence-electron chi connectivity index (χ4n) is 2.63. The molecule has 0 radical (unpaired) electrons. The molecule has 3 aromatic rings. The highest BCUT2D eigenvalue weighted by atomic mass is 35.5. The van der Waals surface area contributed by atoms with Crippen LogP contribution in [-0.4, -0.2) is 34.9 Å². The van der Waals surface area contributed by atoms with Gasteiger partial charge in [-0.2, -0.15) is 10.2 Å². The Kier molecular flexibility index (Phi) is 6.34. The van der Waals surface area contributed by atoms with Crippen molar-refractivity contribution in [1.29, 1.82) is 0 Å². The van der Waals surface area contributed by atoms with E-state index in [2.05, 4.69) is 15.5 Å². The lowest BCUT2D eigenvalue weighted by atomic mass is 9.99. The summed E-state index contributed by atoms with van der Waals surface area (Å²) in [7, 11) is 1.53. The summed E-state index contributed by atoms with van der Waals surface area (Å²) in [5.41, 5.74) is 3.03. The van der Waals surface area contributed by atoms with Crippen LogP contribution in [0.2, 0.25) is 10.0 Å². The molecule has 28 heavy (non-hydrogen) atoms. The number of rotatable bonds is 6. The summed E-state index contributed by atoms with van der Waals surface area (Å²) in [4.78, 5) is 11.3. The number of hydrogen-bond acceptors (Lipinski definition) is 5. The quantitative estimate of drug-likeness (QED) is 0.635. The number of phenols is 1. The summed E-state index contributed by atoms with van der Waals surface area (Å²) in [5.74, 6) is 0.307. The van der Waals surface area contributed by atoms with Gasteiger partial charge in [0.1, 0.15) is 11.5 Å². The Hall–Kier alpha value is -2.83.